The SMILES string of the molecule is CC(C)CCOCCSc1cc(F)ccc1N. The third-order valence-electron chi connectivity index (χ3n) is 2.30. The number of rotatable bonds is 7. The Labute approximate surface area is 107 Å². The van der Waals surface area contributed by atoms with Crippen molar-refractivity contribution in [2.75, 3.05) is 24.7 Å². The van der Waals surface area contributed by atoms with Gasteiger partial charge in [0.1, 0.15) is 5.82 Å². The highest BCUT2D eigenvalue weighted by molar-refractivity contribution is 7.99. The van der Waals surface area contributed by atoms with Gasteiger partial charge in [-0.2, -0.15) is 0 Å². The third-order valence-corrected chi connectivity index (χ3v) is 3.34. The smallest absolute Gasteiger partial charge is 0.124 e. The quantitative estimate of drug-likeness (QED) is 0.461. The Morgan fingerprint density at radius 2 is 2.12 bits per heavy atom. The predicted octanol–water partition coefficient (Wildman–Crippen LogP) is 3.56. The van der Waals surface area contributed by atoms with Crippen LogP contribution in [0.2, 0.25) is 0 Å². The van der Waals surface area contributed by atoms with Gasteiger partial charge >= 0.3 is 0 Å². The number of nitrogen functional groups attached to an aromatic ring is 1. The molecule has 17 heavy (non-hydrogen) atoms. The van der Waals surface area contributed by atoms with Gasteiger partial charge < -0.3 is 10.5 Å². The van der Waals surface area contributed by atoms with Gasteiger partial charge in [0.25, 0.3) is 0 Å². The maximum absolute atomic E-state index is 13.0. The summed E-state index contributed by atoms with van der Waals surface area (Å²) in [6, 6.07) is 4.43. The lowest BCUT2D eigenvalue weighted by Gasteiger charge is -2.07. The maximum atomic E-state index is 13.0. The number of halogens is 1. The molecule has 0 radical (unpaired) electrons. The van der Waals surface area contributed by atoms with Crippen molar-refractivity contribution in [3.05, 3.63) is 24.0 Å². The molecule has 0 fully saturated rings. The van der Waals surface area contributed by atoms with Crippen molar-refractivity contribution in [2.24, 2.45) is 5.92 Å². The molecule has 1 aromatic carbocycles. The average molecular weight is 257 g/mol. The lowest BCUT2D eigenvalue weighted by atomic mass is 10.1. The van der Waals surface area contributed by atoms with E-state index in [0.717, 1.165) is 23.7 Å². The summed E-state index contributed by atoms with van der Waals surface area (Å²) < 4.78 is 18.4. The van der Waals surface area contributed by atoms with Gasteiger partial charge in [0.2, 0.25) is 0 Å². The largest absolute Gasteiger partial charge is 0.398 e. The van der Waals surface area contributed by atoms with Crippen LogP contribution in [0.15, 0.2) is 23.1 Å². The molecule has 0 saturated heterocycles. The molecule has 4 heteroatoms. The molecule has 0 saturated carbocycles. The van der Waals surface area contributed by atoms with E-state index < -0.39 is 0 Å². The highest BCUT2D eigenvalue weighted by Gasteiger charge is 2.02. The van der Waals surface area contributed by atoms with Gasteiger partial charge in [0, 0.05) is 22.9 Å². The molecule has 0 aromatic heterocycles. The number of ether oxygens (including phenoxy) is 1. The summed E-state index contributed by atoms with van der Waals surface area (Å²) in [5.74, 6) is 1.22. The fraction of sp³-hybridized carbons (Fsp3) is 0.538. The zero-order valence-electron chi connectivity index (χ0n) is 10.4. The second-order valence-corrected chi connectivity index (χ2v) is 5.46. The number of nitrogens with two attached hydrogens (primary N) is 1. The molecule has 1 rings (SSSR count). The molecule has 1 aromatic rings. The van der Waals surface area contributed by atoms with Crippen LogP contribution in [0, 0.1) is 11.7 Å². The molecular weight excluding hydrogens is 237 g/mol. The first kappa shape index (κ1) is 14.3. The fourth-order valence-electron chi connectivity index (χ4n) is 1.26. The Bertz CT molecular complexity index is 344. The molecule has 96 valence electrons. The second kappa shape index (κ2) is 7.56. The first-order chi connectivity index (χ1) is 8.09. The monoisotopic (exact) mass is 257 g/mol. The minimum Gasteiger partial charge on any atom is -0.398 e. The lowest BCUT2D eigenvalue weighted by Crippen LogP contribution is -2.02. The van der Waals surface area contributed by atoms with Crippen molar-refractivity contribution < 1.29 is 9.13 Å². The standard InChI is InChI=1S/C13H20FNOS/c1-10(2)5-6-16-7-8-17-13-9-11(14)3-4-12(13)15/h3-4,9-10H,5-8,15H2,1-2H3. The zero-order chi connectivity index (χ0) is 12.7. The second-order valence-electron chi connectivity index (χ2n) is 4.33. The van der Waals surface area contributed by atoms with E-state index in [2.05, 4.69) is 13.8 Å². The van der Waals surface area contributed by atoms with Gasteiger partial charge in [-0.1, -0.05) is 13.8 Å². The van der Waals surface area contributed by atoms with Crippen LogP contribution in [-0.2, 0) is 4.74 Å². The molecule has 0 atom stereocenters. The summed E-state index contributed by atoms with van der Waals surface area (Å²) >= 11 is 1.53. The van der Waals surface area contributed by atoms with Gasteiger partial charge in [-0.05, 0) is 30.5 Å². The van der Waals surface area contributed by atoms with E-state index in [9.17, 15) is 4.39 Å². The maximum Gasteiger partial charge on any atom is 0.124 e. The van der Waals surface area contributed by atoms with Crippen molar-refractivity contribution in [3.8, 4) is 0 Å². The van der Waals surface area contributed by atoms with Crippen molar-refractivity contribution >= 4 is 17.4 Å². The van der Waals surface area contributed by atoms with E-state index >= 15 is 0 Å². The number of hydrogen-bond acceptors (Lipinski definition) is 3. The van der Waals surface area contributed by atoms with E-state index in [-0.39, 0.29) is 5.82 Å². The van der Waals surface area contributed by atoms with Crippen molar-refractivity contribution in [2.45, 2.75) is 25.2 Å². The molecular formula is C13H20FNOS. The lowest BCUT2D eigenvalue weighted by molar-refractivity contribution is 0.138. The van der Waals surface area contributed by atoms with Crippen LogP contribution in [0.25, 0.3) is 0 Å². The summed E-state index contributed by atoms with van der Waals surface area (Å²) in [5.41, 5.74) is 6.37. The Balaban J connectivity index is 2.20. The number of hydrogen-bond donors (Lipinski definition) is 1. The third kappa shape index (κ3) is 5.94. The summed E-state index contributed by atoms with van der Waals surface area (Å²) in [5, 5.41) is 0. The summed E-state index contributed by atoms with van der Waals surface area (Å²) in [6.07, 6.45) is 1.08. The fourth-order valence-corrected chi connectivity index (χ4v) is 2.12. The highest BCUT2D eigenvalue weighted by atomic mass is 32.2. The van der Waals surface area contributed by atoms with Gasteiger partial charge in [0.05, 0.1) is 6.61 Å². The van der Waals surface area contributed by atoms with Gasteiger partial charge in [-0.15, -0.1) is 11.8 Å². The Morgan fingerprint density at radius 3 is 2.82 bits per heavy atom. The zero-order valence-corrected chi connectivity index (χ0v) is 11.2. The van der Waals surface area contributed by atoms with Crippen LogP contribution < -0.4 is 5.73 Å². The van der Waals surface area contributed by atoms with E-state index in [1.807, 2.05) is 0 Å². The van der Waals surface area contributed by atoms with Crippen LogP contribution in [0.4, 0.5) is 10.1 Å². The molecule has 0 bridgehead atoms. The summed E-state index contributed by atoms with van der Waals surface area (Å²) in [6.45, 7) is 5.81. The van der Waals surface area contributed by atoms with Crippen molar-refractivity contribution in [1.29, 1.82) is 0 Å². The van der Waals surface area contributed by atoms with E-state index in [0.29, 0.717) is 18.2 Å². The summed E-state index contributed by atoms with van der Waals surface area (Å²) in [7, 11) is 0. The van der Waals surface area contributed by atoms with Crippen LogP contribution in [0.5, 0.6) is 0 Å². The van der Waals surface area contributed by atoms with Crippen LogP contribution in [0.1, 0.15) is 20.3 Å². The minimum atomic E-state index is -0.248. The topological polar surface area (TPSA) is 35.2 Å². The van der Waals surface area contributed by atoms with E-state index in [4.69, 9.17) is 10.5 Å². The number of benzene rings is 1. The minimum absolute atomic E-state index is 0.248. The number of thioether (sulfide) groups is 1. The van der Waals surface area contributed by atoms with Crippen LogP contribution in [-0.4, -0.2) is 19.0 Å². The van der Waals surface area contributed by atoms with Crippen molar-refractivity contribution in [3.63, 3.8) is 0 Å². The van der Waals surface area contributed by atoms with Gasteiger partial charge in [0.15, 0.2) is 0 Å². The Kier molecular flexibility index (Phi) is 6.37. The molecule has 0 unspecified atom stereocenters. The average Bonchev–Trinajstić information content (AvgIpc) is 2.27. The molecule has 0 aliphatic carbocycles. The van der Waals surface area contributed by atoms with Gasteiger partial charge in [-0.25, -0.2) is 4.39 Å². The normalized spacial score (nSPS) is 11.1. The summed E-state index contributed by atoms with van der Waals surface area (Å²) in [4.78, 5) is 0.789. The van der Waals surface area contributed by atoms with Crippen molar-refractivity contribution in [1.82, 2.24) is 0 Å². The van der Waals surface area contributed by atoms with Gasteiger partial charge in [-0.3, -0.25) is 0 Å². The molecule has 0 spiro atoms. The molecule has 0 heterocycles. The van der Waals surface area contributed by atoms with Crippen LogP contribution in [0.3, 0.4) is 0 Å². The molecule has 0 aliphatic rings. The van der Waals surface area contributed by atoms with Crippen LogP contribution >= 0.6 is 11.8 Å². The molecule has 2 nitrogen and oxygen atoms in total. The first-order valence-electron chi connectivity index (χ1n) is 5.85. The predicted molar refractivity (Wildman–Crippen MR) is 71.8 cm³/mol. The molecule has 0 amide bonds. The number of anilines is 1. The van der Waals surface area contributed by atoms with E-state index in [1.165, 1.54) is 23.9 Å². The molecule has 2 N–H and O–H groups in total. The molecule has 0 aliphatic heterocycles. The first-order valence-corrected chi connectivity index (χ1v) is 6.83. The van der Waals surface area contributed by atoms with E-state index in [1.54, 1.807) is 6.07 Å². The Morgan fingerprint density at radius 1 is 1.35 bits per heavy atom. The Hall–Kier alpha value is -0.740. The highest BCUT2D eigenvalue weighted by Crippen LogP contribution is 2.25.